The van der Waals surface area contributed by atoms with Crippen LogP contribution in [0.15, 0.2) is 0 Å². The fourth-order valence-electron chi connectivity index (χ4n) is 4.24. The Morgan fingerprint density at radius 3 is 1.65 bits per heavy atom. The molecule has 0 rings (SSSR count). The summed E-state index contributed by atoms with van der Waals surface area (Å²) in [4.78, 5) is 2.59. The summed E-state index contributed by atoms with van der Waals surface area (Å²) in [5.41, 5.74) is 23.7. The van der Waals surface area contributed by atoms with Crippen molar-refractivity contribution in [2.24, 2.45) is 22.9 Å². The number of unbranched alkanes of at least 4 members (excludes halogenated alkanes) is 1. The minimum absolute atomic E-state index is 0.234. The molecule has 37 heavy (non-hydrogen) atoms. The predicted octanol–water partition coefficient (Wildman–Crippen LogP) is 0.914. The van der Waals surface area contributed by atoms with Gasteiger partial charge in [0.25, 0.3) is 0 Å². The van der Waals surface area contributed by atoms with Gasteiger partial charge in [0.1, 0.15) is 0 Å². The van der Waals surface area contributed by atoms with Crippen LogP contribution in [0.2, 0.25) is 0 Å². The molecule has 0 aliphatic carbocycles. The molecule has 0 aromatic heterocycles. The van der Waals surface area contributed by atoms with E-state index < -0.39 is 0 Å². The van der Waals surface area contributed by atoms with Crippen LogP contribution in [-0.2, 0) is 0 Å². The van der Waals surface area contributed by atoms with Crippen molar-refractivity contribution < 1.29 is 0 Å². The average Bonchev–Trinajstić information content (AvgIpc) is 2.81. The summed E-state index contributed by atoms with van der Waals surface area (Å²) in [6.07, 6.45) is 8.80. The molecule has 12 N–H and O–H groups in total. The SMILES string of the molecule is CC(N)CCNCCCCN(CCC(C)N)CC(C)NCC(CCCNCCC(C)N)NCCC(C)N. The van der Waals surface area contributed by atoms with Crippen LogP contribution >= 0.6 is 0 Å². The topological polar surface area (TPSA) is 155 Å². The number of nitrogens with one attached hydrogen (secondary N) is 4. The Morgan fingerprint density at radius 1 is 0.541 bits per heavy atom. The first kappa shape index (κ1) is 36.6. The minimum Gasteiger partial charge on any atom is -0.328 e. The lowest BCUT2D eigenvalue weighted by Gasteiger charge is -2.28. The standard InChI is InChI=1S/C28H67N9/c1-23(29)10-16-33-14-6-7-19-37(20-13-26(4)32)22-27(5)36-21-28(35-18-12-25(3)31)9-8-15-34-17-11-24(2)30/h23-28,33-36H,6-22,29-32H2,1-5H3. The summed E-state index contributed by atoms with van der Waals surface area (Å²) >= 11 is 0. The molecule has 0 amide bonds. The highest BCUT2D eigenvalue weighted by Gasteiger charge is 2.14. The van der Waals surface area contributed by atoms with Crippen LogP contribution in [0, 0.1) is 0 Å². The highest BCUT2D eigenvalue weighted by Crippen LogP contribution is 2.03. The summed E-state index contributed by atoms with van der Waals surface area (Å²) in [6, 6.07) is 1.90. The van der Waals surface area contributed by atoms with E-state index in [9.17, 15) is 0 Å². The molecule has 6 unspecified atom stereocenters. The molecule has 0 bridgehead atoms. The van der Waals surface area contributed by atoms with Gasteiger partial charge in [-0.2, -0.15) is 0 Å². The van der Waals surface area contributed by atoms with E-state index in [1.807, 2.05) is 0 Å². The van der Waals surface area contributed by atoms with Crippen LogP contribution in [0.3, 0.4) is 0 Å². The summed E-state index contributed by atoms with van der Waals surface area (Å²) in [6.45, 7) is 19.9. The molecular weight excluding hydrogens is 462 g/mol. The van der Waals surface area contributed by atoms with Gasteiger partial charge in [-0.1, -0.05) is 0 Å². The Morgan fingerprint density at radius 2 is 1.08 bits per heavy atom. The van der Waals surface area contributed by atoms with Crippen LogP contribution in [-0.4, -0.2) is 100 Å². The monoisotopic (exact) mass is 530 g/mol. The second-order valence-electron chi connectivity index (χ2n) is 11.7. The number of nitrogens with zero attached hydrogens (tertiary/aromatic N) is 1. The molecule has 0 aromatic rings. The van der Waals surface area contributed by atoms with Crippen molar-refractivity contribution in [1.82, 2.24) is 26.2 Å². The third-order valence-electron chi connectivity index (χ3n) is 6.72. The van der Waals surface area contributed by atoms with Crippen molar-refractivity contribution in [3.8, 4) is 0 Å². The van der Waals surface area contributed by atoms with E-state index >= 15 is 0 Å². The summed E-state index contributed by atoms with van der Waals surface area (Å²) in [5, 5.41) is 14.6. The maximum atomic E-state index is 6.07. The second kappa shape index (κ2) is 24.7. The van der Waals surface area contributed by atoms with E-state index in [2.05, 4.69) is 60.8 Å². The highest BCUT2D eigenvalue weighted by atomic mass is 15.1. The van der Waals surface area contributed by atoms with Crippen molar-refractivity contribution >= 4 is 0 Å². The van der Waals surface area contributed by atoms with Gasteiger partial charge in [0.05, 0.1) is 0 Å². The molecule has 0 saturated carbocycles. The molecule has 0 fully saturated rings. The van der Waals surface area contributed by atoms with Gasteiger partial charge >= 0.3 is 0 Å². The lowest BCUT2D eigenvalue weighted by atomic mass is 10.1. The van der Waals surface area contributed by atoms with Crippen LogP contribution in [0.4, 0.5) is 0 Å². The van der Waals surface area contributed by atoms with Crippen molar-refractivity contribution in [3.05, 3.63) is 0 Å². The van der Waals surface area contributed by atoms with Crippen LogP contribution < -0.4 is 44.2 Å². The Labute approximate surface area is 230 Å². The van der Waals surface area contributed by atoms with Crippen molar-refractivity contribution in [1.29, 1.82) is 0 Å². The molecule has 0 saturated heterocycles. The molecule has 224 valence electrons. The van der Waals surface area contributed by atoms with Crippen LogP contribution in [0.1, 0.15) is 86.0 Å². The molecule has 0 aromatic carbocycles. The van der Waals surface area contributed by atoms with Crippen molar-refractivity contribution in [2.45, 2.75) is 122 Å². The molecule has 9 heteroatoms. The molecule has 6 atom stereocenters. The lowest BCUT2D eigenvalue weighted by Crippen LogP contribution is -2.47. The van der Waals surface area contributed by atoms with Crippen LogP contribution in [0.5, 0.6) is 0 Å². The molecule has 0 aliphatic rings. The first-order valence-corrected chi connectivity index (χ1v) is 15.2. The third-order valence-corrected chi connectivity index (χ3v) is 6.72. The summed E-state index contributed by atoms with van der Waals surface area (Å²) in [7, 11) is 0. The van der Waals surface area contributed by atoms with Gasteiger partial charge in [-0.25, -0.2) is 0 Å². The lowest BCUT2D eigenvalue weighted by molar-refractivity contribution is 0.232. The van der Waals surface area contributed by atoms with Gasteiger partial charge in [0, 0.05) is 49.3 Å². The number of nitrogens with two attached hydrogens (primary N) is 4. The number of hydrogen-bond acceptors (Lipinski definition) is 9. The van der Waals surface area contributed by atoms with Gasteiger partial charge in [0.2, 0.25) is 0 Å². The average molecular weight is 530 g/mol. The Balaban J connectivity index is 4.47. The van der Waals surface area contributed by atoms with Crippen molar-refractivity contribution in [3.63, 3.8) is 0 Å². The van der Waals surface area contributed by atoms with Crippen molar-refractivity contribution in [2.75, 3.05) is 58.9 Å². The van der Waals surface area contributed by atoms with Gasteiger partial charge in [-0.3, -0.25) is 0 Å². The molecule has 0 radical (unpaired) electrons. The minimum atomic E-state index is 0.234. The number of hydrogen-bond donors (Lipinski definition) is 8. The largest absolute Gasteiger partial charge is 0.328 e. The number of rotatable bonds is 27. The smallest absolute Gasteiger partial charge is 0.0193 e. The predicted molar refractivity (Wildman–Crippen MR) is 163 cm³/mol. The van der Waals surface area contributed by atoms with E-state index in [1.54, 1.807) is 0 Å². The maximum Gasteiger partial charge on any atom is 0.0193 e. The Hall–Kier alpha value is -0.360. The van der Waals surface area contributed by atoms with Gasteiger partial charge in [-0.05, 0) is 132 Å². The Bertz CT molecular complexity index is 475. The van der Waals surface area contributed by atoms with E-state index in [0.717, 1.165) is 97.4 Å². The van der Waals surface area contributed by atoms with E-state index in [0.29, 0.717) is 12.1 Å². The molecule has 0 aliphatic heterocycles. The first-order valence-electron chi connectivity index (χ1n) is 15.2. The molecule has 9 nitrogen and oxygen atoms in total. The van der Waals surface area contributed by atoms with E-state index in [1.165, 1.54) is 12.8 Å². The van der Waals surface area contributed by atoms with Gasteiger partial charge in [-0.15, -0.1) is 0 Å². The normalized spacial score (nSPS) is 17.0. The molecule has 0 spiro atoms. The first-order chi connectivity index (χ1) is 17.6. The second-order valence-corrected chi connectivity index (χ2v) is 11.7. The summed E-state index contributed by atoms with van der Waals surface area (Å²) < 4.78 is 0. The van der Waals surface area contributed by atoms with Gasteiger partial charge < -0.3 is 49.1 Å². The van der Waals surface area contributed by atoms with Crippen LogP contribution in [0.25, 0.3) is 0 Å². The Kier molecular flexibility index (Phi) is 24.4. The van der Waals surface area contributed by atoms with E-state index in [4.69, 9.17) is 22.9 Å². The molecular formula is C28H67N9. The zero-order valence-corrected chi connectivity index (χ0v) is 25.2. The zero-order valence-electron chi connectivity index (χ0n) is 25.2. The molecule has 0 heterocycles. The van der Waals surface area contributed by atoms with E-state index in [-0.39, 0.29) is 24.2 Å². The zero-order chi connectivity index (χ0) is 27.9. The van der Waals surface area contributed by atoms with Gasteiger partial charge in [0.15, 0.2) is 0 Å². The quantitative estimate of drug-likeness (QED) is 0.0725. The third kappa shape index (κ3) is 27.0. The summed E-state index contributed by atoms with van der Waals surface area (Å²) in [5.74, 6) is 0. The fourth-order valence-corrected chi connectivity index (χ4v) is 4.24. The fraction of sp³-hybridized carbons (Fsp3) is 1.00. The highest BCUT2D eigenvalue weighted by molar-refractivity contribution is 4.76. The maximum absolute atomic E-state index is 6.07.